The molecule has 4 aromatic heterocycles. The van der Waals surface area contributed by atoms with Crippen molar-refractivity contribution in [2.75, 3.05) is 5.32 Å². The molecule has 0 saturated heterocycles. The Hall–Kier alpha value is -2.71. The third kappa shape index (κ3) is 3.00. The Kier molecular flexibility index (Phi) is 3.95. The molecule has 4 aromatic rings. The fourth-order valence-electron chi connectivity index (χ4n) is 3.60. The second kappa shape index (κ2) is 6.47. The number of imidazole rings is 1. The van der Waals surface area contributed by atoms with Crippen molar-refractivity contribution in [3.63, 3.8) is 0 Å². The lowest BCUT2D eigenvalue weighted by atomic mass is 9.93. The molecule has 2 N–H and O–H groups in total. The molecule has 9 heteroatoms. The van der Waals surface area contributed by atoms with Crippen molar-refractivity contribution in [1.29, 1.82) is 0 Å². The van der Waals surface area contributed by atoms with Crippen molar-refractivity contribution < 1.29 is 5.11 Å². The fraction of sp³-hybridized carbons (Fsp3) is 0.333. The number of anilines is 1. The normalized spacial score (nSPS) is 20.4. The summed E-state index contributed by atoms with van der Waals surface area (Å²) < 4.78 is 3.55. The average molecular weight is 384 g/mol. The summed E-state index contributed by atoms with van der Waals surface area (Å²) >= 11 is 6.15. The molecule has 5 rings (SSSR count). The van der Waals surface area contributed by atoms with Crippen LogP contribution < -0.4 is 5.32 Å². The van der Waals surface area contributed by atoms with Crippen LogP contribution in [0.4, 0.5) is 5.95 Å². The summed E-state index contributed by atoms with van der Waals surface area (Å²) in [5.41, 5.74) is 2.77. The Morgan fingerprint density at radius 1 is 1.07 bits per heavy atom. The Morgan fingerprint density at radius 3 is 2.74 bits per heavy atom. The molecule has 27 heavy (non-hydrogen) atoms. The number of aliphatic hydroxyl groups excluding tert-OH is 1. The van der Waals surface area contributed by atoms with Crippen LogP contribution in [-0.4, -0.2) is 46.2 Å². The van der Waals surface area contributed by atoms with E-state index in [9.17, 15) is 5.11 Å². The first-order valence-corrected chi connectivity index (χ1v) is 9.33. The second-order valence-electron chi connectivity index (χ2n) is 6.88. The van der Waals surface area contributed by atoms with E-state index in [2.05, 4.69) is 25.4 Å². The Labute approximate surface area is 159 Å². The molecular formula is C18H18ClN7O. The van der Waals surface area contributed by atoms with E-state index in [0.717, 1.165) is 42.3 Å². The van der Waals surface area contributed by atoms with Gasteiger partial charge in [0.15, 0.2) is 0 Å². The topological polar surface area (TPSA) is 92.6 Å². The van der Waals surface area contributed by atoms with Gasteiger partial charge >= 0.3 is 0 Å². The van der Waals surface area contributed by atoms with Crippen LogP contribution in [0.2, 0.25) is 5.15 Å². The highest BCUT2D eigenvalue weighted by Gasteiger charge is 2.20. The number of rotatable bonds is 3. The Morgan fingerprint density at radius 2 is 1.89 bits per heavy atom. The molecule has 0 atom stereocenters. The number of fused-ring (bicyclic) bond motifs is 2. The van der Waals surface area contributed by atoms with Crippen molar-refractivity contribution in [3.8, 4) is 11.1 Å². The number of nitrogens with zero attached hydrogens (tertiary/aromatic N) is 6. The minimum atomic E-state index is -0.173. The predicted octanol–water partition coefficient (Wildman–Crippen LogP) is 2.81. The highest BCUT2D eigenvalue weighted by Crippen LogP contribution is 2.26. The first-order valence-electron chi connectivity index (χ1n) is 8.95. The summed E-state index contributed by atoms with van der Waals surface area (Å²) in [6, 6.07) is 2.29. The molecule has 1 saturated carbocycles. The Balaban J connectivity index is 1.45. The van der Waals surface area contributed by atoms with Crippen LogP contribution >= 0.6 is 11.6 Å². The van der Waals surface area contributed by atoms with Crippen molar-refractivity contribution in [3.05, 3.63) is 42.2 Å². The summed E-state index contributed by atoms with van der Waals surface area (Å²) in [4.78, 5) is 13.0. The lowest BCUT2D eigenvalue weighted by molar-refractivity contribution is 0.126. The summed E-state index contributed by atoms with van der Waals surface area (Å²) in [6.45, 7) is 0. The van der Waals surface area contributed by atoms with Gasteiger partial charge in [-0.15, -0.1) is 5.10 Å². The zero-order valence-electron chi connectivity index (χ0n) is 14.5. The van der Waals surface area contributed by atoms with Crippen molar-refractivity contribution >= 4 is 28.8 Å². The minimum Gasteiger partial charge on any atom is -0.393 e. The van der Waals surface area contributed by atoms with Gasteiger partial charge in [0.2, 0.25) is 11.7 Å². The maximum absolute atomic E-state index is 9.63. The van der Waals surface area contributed by atoms with Gasteiger partial charge in [0.1, 0.15) is 5.15 Å². The van der Waals surface area contributed by atoms with E-state index in [0.29, 0.717) is 22.9 Å². The number of hydrogen-bond acceptors (Lipinski definition) is 6. The van der Waals surface area contributed by atoms with Crippen molar-refractivity contribution in [1.82, 2.24) is 29.0 Å². The largest absolute Gasteiger partial charge is 0.393 e. The smallest absolute Gasteiger partial charge is 0.241 e. The van der Waals surface area contributed by atoms with E-state index < -0.39 is 0 Å². The second-order valence-corrected chi connectivity index (χ2v) is 7.27. The van der Waals surface area contributed by atoms with E-state index in [1.165, 1.54) is 0 Å². The van der Waals surface area contributed by atoms with E-state index in [-0.39, 0.29) is 6.10 Å². The molecule has 1 aliphatic carbocycles. The van der Waals surface area contributed by atoms with Crippen LogP contribution in [0.3, 0.4) is 0 Å². The molecule has 8 nitrogen and oxygen atoms in total. The number of nitrogens with one attached hydrogen (secondary N) is 1. The third-order valence-electron chi connectivity index (χ3n) is 5.08. The van der Waals surface area contributed by atoms with Gasteiger partial charge in [-0.25, -0.2) is 19.5 Å². The van der Waals surface area contributed by atoms with Crippen LogP contribution in [0, 0.1) is 0 Å². The lowest BCUT2D eigenvalue weighted by Crippen LogP contribution is -2.29. The van der Waals surface area contributed by atoms with Crippen molar-refractivity contribution in [2.24, 2.45) is 0 Å². The maximum Gasteiger partial charge on any atom is 0.241 e. The average Bonchev–Trinajstić information content (AvgIpc) is 3.27. The molecular weight excluding hydrogens is 366 g/mol. The van der Waals surface area contributed by atoms with Gasteiger partial charge < -0.3 is 10.4 Å². The van der Waals surface area contributed by atoms with E-state index in [1.807, 2.05) is 29.2 Å². The standard InChI is InChI=1S/C18H18ClN7O/c19-16-9-22-18-21-7-11(10-25(16)18)14-5-6-26-15(14)8-20-17(24-26)23-12-1-3-13(27)4-2-12/h5-10,12-13,27H,1-4H2,(H,23,24)/t12-,13+. The SMILES string of the molecule is O[C@H]1CC[C@@H](Nc2ncc3c(-c4cnc5ncc(Cl)n5c4)ccn3n2)CC1. The van der Waals surface area contributed by atoms with Crippen LogP contribution in [0.15, 0.2) is 37.1 Å². The molecule has 0 radical (unpaired) electrons. The third-order valence-corrected chi connectivity index (χ3v) is 5.36. The summed E-state index contributed by atoms with van der Waals surface area (Å²) in [6.07, 6.45) is 12.3. The van der Waals surface area contributed by atoms with Crippen LogP contribution in [0.5, 0.6) is 0 Å². The van der Waals surface area contributed by atoms with Crippen LogP contribution in [0.1, 0.15) is 25.7 Å². The lowest BCUT2D eigenvalue weighted by Gasteiger charge is -2.26. The number of aliphatic hydroxyl groups is 1. The fourth-order valence-corrected chi connectivity index (χ4v) is 3.77. The molecule has 0 amide bonds. The van der Waals surface area contributed by atoms with Crippen LogP contribution in [-0.2, 0) is 0 Å². The van der Waals surface area contributed by atoms with Gasteiger partial charge in [-0.05, 0) is 31.7 Å². The zero-order chi connectivity index (χ0) is 18.4. The molecule has 138 valence electrons. The summed E-state index contributed by atoms with van der Waals surface area (Å²) in [5.74, 6) is 1.16. The van der Waals surface area contributed by atoms with E-state index in [1.54, 1.807) is 16.8 Å². The molecule has 1 fully saturated rings. The zero-order valence-corrected chi connectivity index (χ0v) is 15.2. The summed E-state index contributed by atoms with van der Waals surface area (Å²) in [7, 11) is 0. The van der Waals surface area contributed by atoms with E-state index >= 15 is 0 Å². The number of aromatic nitrogens is 6. The highest BCUT2D eigenvalue weighted by molar-refractivity contribution is 6.29. The first-order chi connectivity index (χ1) is 13.2. The molecule has 0 unspecified atom stereocenters. The van der Waals surface area contributed by atoms with Gasteiger partial charge in [-0.1, -0.05) is 11.6 Å². The number of halogens is 1. The quantitative estimate of drug-likeness (QED) is 0.565. The van der Waals surface area contributed by atoms with Gasteiger partial charge in [0, 0.05) is 35.8 Å². The summed E-state index contributed by atoms with van der Waals surface area (Å²) in [5, 5.41) is 18.1. The van der Waals surface area contributed by atoms with Gasteiger partial charge in [0.25, 0.3) is 0 Å². The maximum atomic E-state index is 9.63. The van der Waals surface area contributed by atoms with Gasteiger partial charge in [-0.2, -0.15) is 0 Å². The Bertz CT molecular complexity index is 1110. The molecule has 0 spiro atoms. The highest BCUT2D eigenvalue weighted by atomic mass is 35.5. The molecule has 0 bridgehead atoms. The number of hydrogen-bond donors (Lipinski definition) is 2. The van der Waals surface area contributed by atoms with E-state index in [4.69, 9.17) is 11.6 Å². The van der Waals surface area contributed by atoms with Gasteiger partial charge in [0.05, 0.1) is 24.0 Å². The monoisotopic (exact) mass is 383 g/mol. The van der Waals surface area contributed by atoms with Crippen molar-refractivity contribution in [2.45, 2.75) is 37.8 Å². The van der Waals surface area contributed by atoms with Crippen LogP contribution in [0.25, 0.3) is 22.4 Å². The minimum absolute atomic E-state index is 0.173. The first kappa shape index (κ1) is 16.5. The predicted molar refractivity (Wildman–Crippen MR) is 102 cm³/mol. The van der Waals surface area contributed by atoms with Gasteiger partial charge in [-0.3, -0.25) is 4.40 Å². The molecule has 4 heterocycles. The molecule has 0 aromatic carbocycles. The molecule has 1 aliphatic rings. The molecule has 0 aliphatic heterocycles.